The normalized spacial score (nSPS) is 10.9. The molecule has 2 N–H and O–H groups in total. The number of phenolic OH excluding ortho intramolecular Hbond substituents is 1. The molecule has 0 aliphatic heterocycles. The maximum Gasteiger partial charge on any atom is 0.180 e. The number of aromatic amines is 1. The molecular weight excluding hydrogens is 252 g/mol. The molecule has 5 nitrogen and oxygen atoms in total. The number of rotatable bonds is 2. The maximum atomic E-state index is 9.58. The number of H-pyrrole nitrogens is 1. The number of aromatic nitrogens is 3. The molecular formula is C15H16N4O. The summed E-state index contributed by atoms with van der Waals surface area (Å²) in [5, 5.41) is 9.58. The van der Waals surface area contributed by atoms with E-state index in [0.717, 1.165) is 28.3 Å². The van der Waals surface area contributed by atoms with E-state index in [1.807, 2.05) is 50.2 Å². The quantitative estimate of drug-likeness (QED) is 0.750. The molecule has 0 amide bonds. The van der Waals surface area contributed by atoms with Crippen LogP contribution in [-0.4, -0.2) is 34.2 Å². The first-order valence-electron chi connectivity index (χ1n) is 6.38. The molecule has 0 spiro atoms. The monoisotopic (exact) mass is 268 g/mol. The van der Waals surface area contributed by atoms with Crippen LogP contribution >= 0.6 is 0 Å². The van der Waals surface area contributed by atoms with Gasteiger partial charge >= 0.3 is 0 Å². The number of nitrogens with one attached hydrogen (secondary N) is 1. The van der Waals surface area contributed by atoms with Gasteiger partial charge in [0.25, 0.3) is 0 Å². The van der Waals surface area contributed by atoms with Crippen molar-refractivity contribution in [2.24, 2.45) is 0 Å². The smallest absolute Gasteiger partial charge is 0.180 e. The van der Waals surface area contributed by atoms with E-state index >= 15 is 0 Å². The molecule has 20 heavy (non-hydrogen) atoms. The highest BCUT2D eigenvalue weighted by Crippen LogP contribution is 2.25. The minimum absolute atomic E-state index is 0.290. The van der Waals surface area contributed by atoms with Crippen molar-refractivity contribution in [2.75, 3.05) is 19.0 Å². The number of hydrogen-bond acceptors (Lipinski definition) is 4. The fraction of sp³-hybridized carbons (Fsp3) is 0.200. The van der Waals surface area contributed by atoms with Crippen LogP contribution in [0.5, 0.6) is 5.75 Å². The Balaban J connectivity index is 2.10. The van der Waals surface area contributed by atoms with Gasteiger partial charge in [-0.05, 0) is 42.8 Å². The third kappa shape index (κ3) is 2.07. The first kappa shape index (κ1) is 12.5. The number of imidazole rings is 1. The van der Waals surface area contributed by atoms with Crippen LogP contribution in [0.3, 0.4) is 0 Å². The summed E-state index contributed by atoms with van der Waals surface area (Å²) in [4.78, 5) is 14.2. The number of hydrogen-bond donors (Lipinski definition) is 2. The number of nitrogens with zero attached hydrogens (tertiary/aromatic N) is 3. The van der Waals surface area contributed by atoms with Gasteiger partial charge in [0.15, 0.2) is 5.65 Å². The summed E-state index contributed by atoms with van der Waals surface area (Å²) in [5.74, 6) is 1.92. The zero-order valence-electron chi connectivity index (χ0n) is 11.7. The number of aromatic hydroxyl groups is 1. The van der Waals surface area contributed by atoms with Crippen molar-refractivity contribution in [3.8, 4) is 17.1 Å². The standard InChI is InChI=1S/C15H16N4O/c1-9-8-10(4-6-12(9)20)14-16-11-5-7-13(19(2)3)17-15(11)18-14/h4-8,20H,1-3H3,(H,16,17,18). The highest BCUT2D eigenvalue weighted by Gasteiger charge is 2.09. The van der Waals surface area contributed by atoms with E-state index in [1.165, 1.54) is 0 Å². The molecule has 3 rings (SSSR count). The molecule has 0 aliphatic rings. The Bertz CT molecular complexity index is 777. The summed E-state index contributed by atoms with van der Waals surface area (Å²) in [6.45, 7) is 1.86. The van der Waals surface area contributed by atoms with Crippen LogP contribution in [0.15, 0.2) is 30.3 Å². The molecule has 0 aliphatic carbocycles. The minimum atomic E-state index is 0.290. The Morgan fingerprint density at radius 2 is 1.90 bits per heavy atom. The van der Waals surface area contributed by atoms with Gasteiger partial charge in [-0.1, -0.05) is 0 Å². The summed E-state index contributed by atoms with van der Waals surface area (Å²) in [6.07, 6.45) is 0. The number of anilines is 1. The molecule has 0 fully saturated rings. The summed E-state index contributed by atoms with van der Waals surface area (Å²) in [5.41, 5.74) is 3.35. The van der Waals surface area contributed by atoms with E-state index in [2.05, 4.69) is 15.0 Å². The molecule has 0 unspecified atom stereocenters. The van der Waals surface area contributed by atoms with Gasteiger partial charge in [0.1, 0.15) is 17.4 Å². The van der Waals surface area contributed by atoms with E-state index in [4.69, 9.17) is 0 Å². The number of pyridine rings is 1. The van der Waals surface area contributed by atoms with Gasteiger partial charge in [-0.3, -0.25) is 0 Å². The zero-order chi connectivity index (χ0) is 14.3. The van der Waals surface area contributed by atoms with Crippen molar-refractivity contribution >= 4 is 17.0 Å². The molecule has 0 saturated carbocycles. The highest BCUT2D eigenvalue weighted by atomic mass is 16.3. The Morgan fingerprint density at radius 3 is 2.60 bits per heavy atom. The molecule has 2 aromatic heterocycles. The highest BCUT2D eigenvalue weighted by molar-refractivity contribution is 5.77. The van der Waals surface area contributed by atoms with E-state index in [-0.39, 0.29) is 5.75 Å². The maximum absolute atomic E-state index is 9.58. The predicted octanol–water partition coefficient (Wildman–Crippen LogP) is 2.70. The van der Waals surface area contributed by atoms with Crippen LogP contribution in [0.25, 0.3) is 22.6 Å². The Morgan fingerprint density at radius 1 is 1.10 bits per heavy atom. The second kappa shape index (κ2) is 4.52. The van der Waals surface area contributed by atoms with E-state index in [0.29, 0.717) is 5.65 Å². The van der Waals surface area contributed by atoms with Crippen molar-refractivity contribution in [3.05, 3.63) is 35.9 Å². The Labute approximate surface area is 116 Å². The lowest BCUT2D eigenvalue weighted by molar-refractivity contribution is 0.471. The van der Waals surface area contributed by atoms with Gasteiger partial charge in [0.05, 0.1) is 5.52 Å². The van der Waals surface area contributed by atoms with E-state index < -0.39 is 0 Å². The first-order valence-corrected chi connectivity index (χ1v) is 6.38. The van der Waals surface area contributed by atoms with Crippen molar-refractivity contribution in [2.45, 2.75) is 6.92 Å². The van der Waals surface area contributed by atoms with Gasteiger partial charge in [-0.2, -0.15) is 0 Å². The number of benzene rings is 1. The molecule has 5 heteroatoms. The van der Waals surface area contributed by atoms with Gasteiger partial charge in [-0.25, -0.2) is 9.97 Å². The molecule has 102 valence electrons. The topological polar surface area (TPSA) is 65.0 Å². The SMILES string of the molecule is Cc1cc(-c2nc3nc(N(C)C)ccc3[nH]2)ccc1O. The largest absolute Gasteiger partial charge is 0.508 e. The summed E-state index contributed by atoms with van der Waals surface area (Å²) in [6, 6.07) is 9.34. The molecule has 0 radical (unpaired) electrons. The lowest BCUT2D eigenvalue weighted by atomic mass is 10.1. The molecule has 0 saturated heterocycles. The van der Waals surface area contributed by atoms with Crippen molar-refractivity contribution in [1.82, 2.24) is 15.0 Å². The summed E-state index contributed by atoms with van der Waals surface area (Å²) >= 11 is 0. The number of fused-ring (bicyclic) bond motifs is 1. The fourth-order valence-electron chi connectivity index (χ4n) is 2.07. The van der Waals surface area contributed by atoms with Crippen LogP contribution in [0.4, 0.5) is 5.82 Å². The van der Waals surface area contributed by atoms with Crippen LogP contribution in [0, 0.1) is 6.92 Å². The van der Waals surface area contributed by atoms with Gasteiger partial charge in [-0.15, -0.1) is 0 Å². The van der Waals surface area contributed by atoms with Gasteiger partial charge in [0.2, 0.25) is 0 Å². The molecule has 0 bridgehead atoms. The average molecular weight is 268 g/mol. The minimum Gasteiger partial charge on any atom is -0.508 e. The number of phenols is 1. The molecule has 1 aromatic carbocycles. The lowest BCUT2D eigenvalue weighted by Gasteiger charge is -2.09. The fourth-order valence-corrected chi connectivity index (χ4v) is 2.07. The van der Waals surface area contributed by atoms with Crippen LogP contribution < -0.4 is 4.90 Å². The van der Waals surface area contributed by atoms with Crippen molar-refractivity contribution in [1.29, 1.82) is 0 Å². The molecule has 2 heterocycles. The van der Waals surface area contributed by atoms with Crippen molar-refractivity contribution < 1.29 is 5.11 Å². The third-order valence-corrected chi connectivity index (χ3v) is 3.26. The second-order valence-corrected chi connectivity index (χ2v) is 5.02. The second-order valence-electron chi connectivity index (χ2n) is 5.02. The zero-order valence-corrected chi connectivity index (χ0v) is 11.7. The Kier molecular flexibility index (Phi) is 2.82. The Hall–Kier alpha value is -2.56. The van der Waals surface area contributed by atoms with E-state index in [1.54, 1.807) is 6.07 Å². The summed E-state index contributed by atoms with van der Waals surface area (Å²) in [7, 11) is 3.90. The summed E-state index contributed by atoms with van der Waals surface area (Å²) < 4.78 is 0. The van der Waals surface area contributed by atoms with E-state index in [9.17, 15) is 5.11 Å². The van der Waals surface area contributed by atoms with Crippen LogP contribution in [0.2, 0.25) is 0 Å². The first-order chi connectivity index (χ1) is 9.54. The lowest BCUT2D eigenvalue weighted by Crippen LogP contribution is -2.10. The average Bonchev–Trinajstić information content (AvgIpc) is 2.84. The predicted molar refractivity (Wildman–Crippen MR) is 80.1 cm³/mol. The molecule has 0 atom stereocenters. The van der Waals surface area contributed by atoms with Gasteiger partial charge in [0, 0.05) is 19.7 Å². The molecule has 3 aromatic rings. The van der Waals surface area contributed by atoms with Gasteiger partial charge < -0.3 is 15.0 Å². The van der Waals surface area contributed by atoms with Crippen molar-refractivity contribution in [3.63, 3.8) is 0 Å². The number of aryl methyl sites for hydroxylation is 1. The van der Waals surface area contributed by atoms with Crippen LogP contribution in [0.1, 0.15) is 5.56 Å². The third-order valence-electron chi connectivity index (χ3n) is 3.26. The van der Waals surface area contributed by atoms with Crippen LogP contribution in [-0.2, 0) is 0 Å².